The zero-order valence-corrected chi connectivity index (χ0v) is 11.6. The molecule has 7 heteroatoms. The maximum atomic E-state index is 12.2. The molecule has 1 rings (SSSR count). The Labute approximate surface area is 111 Å². The van der Waals surface area contributed by atoms with Crippen molar-refractivity contribution in [3.63, 3.8) is 0 Å². The highest BCUT2D eigenvalue weighted by atomic mass is 16.2. The van der Waals surface area contributed by atoms with Crippen LogP contribution >= 0.6 is 0 Å². The first-order valence-corrected chi connectivity index (χ1v) is 6.31. The molecule has 1 fully saturated rings. The quantitative estimate of drug-likeness (QED) is 0.725. The van der Waals surface area contributed by atoms with Crippen LogP contribution in [0, 0.1) is 5.92 Å². The second-order valence-electron chi connectivity index (χ2n) is 4.41. The SMILES string of the molecule is CCN(CC)C(=O)C(C)N1C(=O)NC(=O)C(C)C1=O. The van der Waals surface area contributed by atoms with Crippen molar-refractivity contribution in [2.75, 3.05) is 13.1 Å². The molecule has 0 saturated carbocycles. The van der Waals surface area contributed by atoms with Crippen LogP contribution in [0.15, 0.2) is 0 Å². The molecule has 0 spiro atoms. The molecule has 1 aliphatic rings. The van der Waals surface area contributed by atoms with Gasteiger partial charge in [-0.25, -0.2) is 4.79 Å². The molecule has 1 saturated heterocycles. The molecule has 0 bridgehead atoms. The van der Waals surface area contributed by atoms with Gasteiger partial charge >= 0.3 is 6.03 Å². The molecule has 7 nitrogen and oxygen atoms in total. The maximum Gasteiger partial charge on any atom is 0.331 e. The van der Waals surface area contributed by atoms with Crippen LogP contribution in [0.2, 0.25) is 0 Å². The molecule has 0 aromatic carbocycles. The Morgan fingerprint density at radius 2 is 1.84 bits per heavy atom. The number of barbiturate groups is 1. The van der Waals surface area contributed by atoms with E-state index in [-0.39, 0.29) is 5.91 Å². The lowest BCUT2D eigenvalue weighted by molar-refractivity contribution is -0.149. The average molecular weight is 269 g/mol. The second-order valence-corrected chi connectivity index (χ2v) is 4.41. The summed E-state index contributed by atoms with van der Waals surface area (Å²) in [5.41, 5.74) is 0. The van der Waals surface area contributed by atoms with Crippen molar-refractivity contribution in [3.8, 4) is 0 Å². The number of imide groups is 2. The number of likely N-dealkylation sites (N-methyl/N-ethyl adjacent to an activating group) is 1. The number of hydrogen-bond donors (Lipinski definition) is 1. The molecule has 106 valence electrons. The van der Waals surface area contributed by atoms with E-state index in [4.69, 9.17) is 0 Å². The van der Waals surface area contributed by atoms with E-state index in [0.717, 1.165) is 4.90 Å². The normalized spacial score (nSPS) is 21.2. The number of nitrogens with zero attached hydrogens (tertiary/aromatic N) is 2. The van der Waals surface area contributed by atoms with E-state index in [1.54, 1.807) is 0 Å². The lowest BCUT2D eigenvalue weighted by atomic mass is 10.1. The predicted molar refractivity (Wildman–Crippen MR) is 66.9 cm³/mol. The highest BCUT2D eigenvalue weighted by Crippen LogP contribution is 2.14. The van der Waals surface area contributed by atoms with E-state index in [1.165, 1.54) is 18.7 Å². The van der Waals surface area contributed by atoms with Crippen LogP contribution in [0.3, 0.4) is 0 Å². The van der Waals surface area contributed by atoms with Gasteiger partial charge in [-0.05, 0) is 27.7 Å². The number of amides is 5. The predicted octanol–water partition coefficient (Wildman–Crippen LogP) is -0.0422. The summed E-state index contributed by atoms with van der Waals surface area (Å²) in [6.45, 7) is 7.53. The van der Waals surface area contributed by atoms with E-state index < -0.39 is 29.8 Å². The van der Waals surface area contributed by atoms with Gasteiger partial charge in [0.05, 0.1) is 0 Å². The van der Waals surface area contributed by atoms with Crippen molar-refractivity contribution in [3.05, 3.63) is 0 Å². The van der Waals surface area contributed by atoms with Crippen LogP contribution in [0.1, 0.15) is 27.7 Å². The second kappa shape index (κ2) is 5.81. The largest absolute Gasteiger partial charge is 0.341 e. The van der Waals surface area contributed by atoms with Gasteiger partial charge < -0.3 is 4.90 Å². The molecular formula is C12H19N3O4. The minimum Gasteiger partial charge on any atom is -0.341 e. The first-order valence-electron chi connectivity index (χ1n) is 6.31. The molecular weight excluding hydrogens is 250 g/mol. The highest BCUT2D eigenvalue weighted by molar-refractivity contribution is 6.17. The van der Waals surface area contributed by atoms with Gasteiger partial charge in [-0.3, -0.25) is 24.6 Å². The fourth-order valence-electron chi connectivity index (χ4n) is 1.97. The molecule has 0 aliphatic carbocycles. The van der Waals surface area contributed by atoms with Crippen LogP contribution in [0.4, 0.5) is 4.79 Å². The number of nitrogens with one attached hydrogen (secondary N) is 1. The van der Waals surface area contributed by atoms with Crippen LogP contribution in [0.5, 0.6) is 0 Å². The van der Waals surface area contributed by atoms with Gasteiger partial charge in [-0.1, -0.05) is 0 Å². The van der Waals surface area contributed by atoms with Gasteiger partial charge in [0, 0.05) is 13.1 Å². The molecule has 5 amide bonds. The lowest BCUT2D eigenvalue weighted by Crippen LogP contribution is -2.62. The minimum atomic E-state index is -0.954. The van der Waals surface area contributed by atoms with Crippen LogP contribution in [-0.2, 0) is 14.4 Å². The highest BCUT2D eigenvalue weighted by Gasteiger charge is 2.42. The lowest BCUT2D eigenvalue weighted by Gasteiger charge is -2.34. The molecule has 2 unspecified atom stereocenters. The number of urea groups is 1. The summed E-state index contributed by atoms with van der Waals surface area (Å²) in [6.07, 6.45) is 0. The third-order valence-corrected chi connectivity index (χ3v) is 3.27. The van der Waals surface area contributed by atoms with E-state index in [1.807, 2.05) is 13.8 Å². The molecule has 1 N–H and O–H groups in total. The van der Waals surface area contributed by atoms with Gasteiger partial charge in [-0.2, -0.15) is 0 Å². The average Bonchev–Trinajstić information content (AvgIpc) is 2.37. The van der Waals surface area contributed by atoms with Crippen molar-refractivity contribution in [1.82, 2.24) is 15.1 Å². The zero-order valence-electron chi connectivity index (χ0n) is 11.6. The molecule has 0 aromatic rings. The molecule has 2 atom stereocenters. The van der Waals surface area contributed by atoms with Gasteiger partial charge in [0.25, 0.3) is 0 Å². The van der Waals surface area contributed by atoms with E-state index in [2.05, 4.69) is 5.32 Å². The topological polar surface area (TPSA) is 86.8 Å². The fourth-order valence-corrected chi connectivity index (χ4v) is 1.97. The maximum absolute atomic E-state index is 12.2. The van der Waals surface area contributed by atoms with Crippen molar-refractivity contribution in [2.45, 2.75) is 33.7 Å². The van der Waals surface area contributed by atoms with Crippen molar-refractivity contribution in [2.24, 2.45) is 5.92 Å². The molecule has 1 heterocycles. The summed E-state index contributed by atoms with van der Waals surface area (Å²) in [5.74, 6) is -2.53. The van der Waals surface area contributed by atoms with Gasteiger partial charge in [0.2, 0.25) is 17.7 Å². The van der Waals surface area contributed by atoms with E-state index in [9.17, 15) is 19.2 Å². The monoisotopic (exact) mass is 269 g/mol. The number of hydrogen-bond acceptors (Lipinski definition) is 4. The molecule has 0 aromatic heterocycles. The Kier molecular flexibility index (Phi) is 4.63. The Hall–Kier alpha value is -1.92. The van der Waals surface area contributed by atoms with Gasteiger partial charge in [-0.15, -0.1) is 0 Å². The third kappa shape index (κ3) is 2.74. The Balaban J connectivity index is 2.94. The van der Waals surface area contributed by atoms with Gasteiger partial charge in [0.15, 0.2) is 0 Å². The van der Waals surface area contributed by atoms with Crippen molar-refractivity contribution < 1.29 is 19.2 Å². The number of rotatable bonds is 4. The molecule has 19 heavy (non-hydrogen) atoms. The number of carbonyl (C=O) groups excluding carboxylic acids is 4. The number of carbonyl (C=O) groups is 4. The minimum absolute atomic E-state index is 0.310. The smallest absolute Gasteiger partial charge is 0.331 e. The Bertz CT molecular complexity index is 417. The van der Waals surface area contributed by atoms with Crippen LogP contribution in [-0.4, -0.2) is 52.7 Å². The Morgan fingerprint density at radius 1 is 1.32 bits per heavy atom. The van der Waals surface area contributed by atoms with Crippen LogP contribution < -0.4 is 5.32 Å². The van der Waals surface area contributed by atoms with E-state index in [0.29, 0.717) is 13.1 Å². The van der Waals surface area contributed by atoms with Gasteiger partial charge in [0.1, 0.15) is 12.0 Å². The summed E-state index contributed by atoms with van der Waals surface area (Å²) in [6, 6.07) is -1.75. The standard InChI is InChI=1S/C12H19N3O4/c1-5-14(6-2)11(18)8(4)15-10(17)7(3)9(16)13-12(15)19/h7-8H,5-6H2,1-4H3,(H,13,16,19). The first-order chi connectivity index (χ1) is 8.84. The summed E-state index contributed by atoms with van der Waals surface area (Å²) in [5, 5.41) is 2.08. The first kappa shape index (κ1) is 15.1. The van der Waals surface area contributed by atoms with Crippen molar-refractivity contribution in [1.29, 1.82) is 0 Å². The summed E-state index contributed by atoms with van der Waals surface area (Å²) < 4.78 is 0. The van der Waals surface area contributed by atoms with E-state index >= 15 is 0 Å². The zero-order chi connectivity index (χ0) is 14.7. The Morgan fingerprint density at radius 3 is 2.32 bits per heavy atom. The third-order valence-electron chi connectivity index (χ3n) is 3.27. The summed E-state index contributed by atoms with van der Waals surface area (Å²) in [4.78, 5) is 49.5. The molecule has 1 aliphatic heterocycles. The van der Waals surface area contributed by atoms with Crippen molar-refractivity contribution >= 4 is 23.8 Å². The molecule has 0 radical (unpaired) electrons. The fraction of sp³-hybridized carbons (Fsp3) is 0.667. The summed E-state index contributed by atoms with van der Waals surface area (Å²) >= 11 is 0. The van der Waals surface area contributed by atoms with Crippen LogP contribution in [0.25, 0.3) is 0 Å². The summed E-state index contributed by atoms with van der Waals surface area (Å²) in [7, 11) is 0.